The number of hydrogen-bond donors (Lipinski definition) is 0. The molecule has 2 nitrogen and oxygen atoms in total. The molecule has 0 bridgehead atoms. The third kappa shape index (κ3) is 2.80. The van der Waals surface area contributed by atoms with Gasteiger partial charge in [0.15, 0.2) is 0 Å². The molecule has 0 aliphatic carbocycles. The van der Waals surface area contributed by atoms with E-state index in [9.17, 15) is 5.26 Å². The molecule has 0 saturated heterocycles. The van der Waals surface area contributed by atoms with Crippen LogP contribution < -0.4 is 4.90 Å². The van der Waals surface area contributed by atoms with E-state index in [2.05, 4.69) is 19.6 Å². The van der Waals surface area contributed by atoms with Crippen LogP contribution in [0.4, 0.5) is 5.69 Å². The second kappa shape index (κ2) is 6.24. The minimum atomic E-state index is 0.745. The van der Waals surface area contributed by atoms with Crippen molar-refractivity contribution in [2.24, 2.45) is 0 Å². The van der Waals surface area contributed by atoms with E-state index in [4.69, 9.17) is 0 Å². The van der Waals surface area contributed by atoms with E-state index in [-0.39, 0.29) is 0 Å². The number of hydrogen-bond acceptors (Lipinski definition) is 3. The van der Waals surface area contributed by atoms with Crippen molar-refractivity contribution in [1.29, 1.82) is 5.26 Å². The van der Waals surface area contributed by atoms with E-state index >= 15 is 0 Å². The molecule has 0 atom stereocenters. The average molecular weight is 232 g/mol. The molecule has 0 unspecified atom stereocenters. The minimum absolute atomic E-state index is 0.745. The molecule has 0 aliphatic heterocycles. The van der Waals surface area contributed by atoms with Gasteiger partial charge in [-0.2, -0.15) is 5.26 Å². The smallest absolute Gasteiger partial charge is 0.103 e. The number of thioether (sulfide) groups is 1. The molecule has 3 heteroatoms. The molecule has 0 aromatic heterocycles. The largest absolute Gasteiger partial charge is 0.370 e. The summed E-state index contributed by atoms with van der Waals surface area (Å²) in [4.78, 5) is 3.09. The molecular weight excluding hydrogens is 216 g/mol. The van der Waals surface area contributed by atoms with Gasteiger partial charge >= 0.3 is 0 Å². The fourth-order valence-electron chi connectivity index (χ4n) is 1.52. The Morgan fingerprint density at radius 2 is 2.31 bits per heavy atom. The van der Waals surface area contributed by atoms with Crippen LogP contribution >= 0.6 is 11.8 Å². The molecule has 0 heterocycles. The number of anilines is 1. The first-order chi connectivity index (χ1) is 7.74. The number of rotatable bonds is 5. The van der Waals surface area contributed by atoms with Gasteiger partial charge < -0.3 is 4.90 Å². The molecule has 0 spiro atoms. The molecular formula is C13H16N2S. The highest BCUT2D eigenvalue weighted by Crippen LogP contribution is 2.29. The molecule has 16 heavy (non-hydrogen) atoms. The lowest BCUT2D eigenvalue weighted by Gasteiger charge is -2.19. The highest BCUT2D eigenvalue weighted by Gasteiger charge is 2.10. The topological polar surface area (TPSA) is 27.0 Å². The lowest BCUT2D eigenvalue weighted by atomic mass is 10.2. The fourth-order valence-corrected chi connectivity index (χ4v) is 2.30. The maximum absolute atomic E-state index is 9.23. The van der Waals surface area contributed by atoms with Crippen LogP contribution in [-0.2, 0) is 0 Å². The fraction of sp³-hybridized carbons (Fsp3) is 0.308. The average Bonchev–Trinajstić information content (AvgIpc) is 2.29. The third-order valence-electron chi connectivity index (χ3n) is 2.23. The van der Waals surface area contributed by atoms with Crippen molar-refractivity contribution in [1.82, 2.24) is 0 Å². The second-order valence-corrected chi connectivity index (χ2v) is 4.67. The summed E-state index contributed by atoms with van der Waals surface area (Å²) in [5.41, 5.74) is 1.74. The van der Waals surface area contributed by atoms with Gasteiger partial charge in [-0.05, 0) is 17.9 Å². The van der Waals surface area contributed by atoms with Crippen LogP contribution in [0.15, 0.2) is 35.7 Å². The quantitative estimate of drug-likeness (QED) is 0.576. The van der Waals surface area contributed by atoms with Crippen LogP contribution in [0.5, 0.6) is 0 Å². The maximum Gasteiger partial charge on any atom is 0.103 e. The van der Waals surface area contributed by atoms with Crippen LogP contribution in [0.25, 0.3) is 0 Å². The zero-order chi connectivity index (χ0) is 12.0. The van der Waals surface area contributed by atoms with Crippen LogP contribution in [0.1, 0.15) is 12.5 Å². The first kappa shape index (κ1) is 12.7. The van der Waals surface area contributed by atoms with Crippen LogP contribution in [0, 0.1) is 11.3 Å². The van der Waals surface area contributed by atoms with Crippen molar-refractivity contribution in [3.05, 3.63) is 36.4 Å². The van der Waals surface area contributed by atoms with E-state index in [0.717, 1.165) is 28.4 Å². The highest BCUT2D eigenvalue weighted by molar-refractivity contribution is 7.99. The predicted octanol–water partition coefficient (Wildman–Crippen LogP) is 3.29. The zero-order valence-corrected chi connectivity index (χ0v) is 10.5. The van der Waals surface area contributed by atoms with Gasteiger partial charge in [0.25, 0.3) is 0 Å². The van der Waals surface area contributed by atoms with Gasteiger partial charge in [-0.15, -0.1) is 18.3 Å². The molecule has 1 rings (SSSR count). The van der Waals surface area contributed by atoms with Gasteiger partial charge in [0.1, 0.15) is 6.07 Å². The van der Waals surface area contributed by atoms with E-state index in [0.29, 0.717) is 0 Å². The first-order valence-electron chi connectivity index (χ1n) is 5.22. The van der Waals surface area contributed by atoms with E-state index in [1.165, 1.54) is 0 Å². The molecule has 0 aliphatic rings. The Morgan fingerprint density at radius 3 is 2.88 bits per heavy atom. The normalized spacial score (nSPS) is 9.56. The van der Waals surface area contributed by atoms with Crippen LogP contribution in [0.3, 0.4) is 0 Å². The first-order valence-corrected chi connectivity index (χ1v) is 6.21. The number of nitrogens with zero attached hydrogens (tertiary/aromatic N) is 2. The van der Waals surface area contributed by atoms with E-state index < -0.39 is 0 Å². The second-order valence-electron chi connectivity index (χ2n) is 3.36. The molecule has 1 aromatic rings. The van der Waals surface area contributed by atoms with Gasteiger partial charge in [0.05, 0.1) is 11.3 Å². The molecule has 0 N–H and O–H groups in total. The third-order valence-corrected chi connectivity index (χ3v) is 3.17. The predicted molar refractivity (Wildman–Crippen MR) is 71.0 cm³/mol. The summed E-state index contributed by atoms with van der Waals surface area (Å²) in [6.45, 7) is 6.54. The number of nitriles is 1. The summed E-state index contributed by atoms with van der Waals surface area (Å²) < 4.78 is 0. The Bertz CT molecular complexity index is 407. The Hall–Kier alpha value is -1.40. The SMILES string of the molecule is C=CCN(C)c1cccc(SCC)c1C#N. The van der Waals surface area contributed by atoms with Crippen molar-refractivity contribution < 1.29 is 0 Å². The van der Waals surface area contributed by atoms with E-state index in [1.807, 2.05) is 36.2 Å². The molecule has 0 fully saturated rings. The summed E-state index contributed by atoms with van der Waals surface area (Å²) in [5, 5.41) is 9.23. The van der Waals surface area contributed by atoms with Crippen molar-refractivity contribution in [3.8, 4) is 6.07 Å². The Labute approximate surface area is 102 Å². The van der Waals surface area contributed by atoms with Crippen molar-refractivity contribution in [2.75, 3.05) is 24.2 Å². The highest BCUT2D eigenvalue weighted by atomic mass is 32.2. The summed E-state index contributed by atoms with van der Waals surface area (Å²) in [6, 6.07) is 8.26. The van der Waals surface area contributed by atoms with Gasteiger partial charge in [-0.25, -0.2) is 0 Å². The lowest BCUT2D eigenvalue weighted by Crippen LogP contribution is -2.17. The summed E-state index contributed by atoms with van der Waals surface area (Å²) >= 11 is 1.70. The Kier molecular flexibility index (Phi) is 4.94. The minimum Gasteiger partial charge on any atom is -0.370 e. The van der Waals surface area contributed by atoms with Gasteiger partial charge in [0.2, 0.25) is 0 Å². The number of likely N-dealkylation sites (N-methyl/N-ethyl adjacent to an activating group) is 1. The summed E-state index contributed by atoms with van der Waals surface area (Å²) in [6.07, 6.45) is 1.83. The number of benzene rings is 1. The Morgan fingerprint density at radius 1 is 1.56 bits per heavy atom. The Balaban J connectivity index is 3.13. The van der Waals surface area contributed by atoms with E-state index in [1.54, 1.807) is 11.8 Å². The van der Waals surface area contributed by atoms with Crippen LogP contribution in [0.2, 0.25) is 0 Å². The molecule has 84 valence electrons. The van der Waals surface area contributed by atoms with Gasteiger partial charge in [-0.1, -0.05) is 19.1 Å². The van der Waals surface area contributed by atoms with Gasteiger partial charge in [-0.3, -0.25) is 0 Å². The van der Waals surface area contributed by atoms with Crippen molar-refractivity contribution >= 4 is 17.4 Å². The van der Waals surface area contributed by atoms with Crippen molar-refractivity contribution in [2.45, 2.75) is 11.8 Å². The summed E-state index contributed by atoms with van der Waals surface area (Å²) in [7, 11) is 1.97. The molecule has 0 amide bonds. The molecule has 0 saturated carbocycles. The maximum atomic E-state index is 9.23. The van der Waals surface area contributed by atoms with Crippen LogP contribution in [-0.4, -0.2) is 19.3 Å². The van der Waals surface area contributed by atoms with Gasteiger partial charge in [0, 0.05) is 18.5 Å². The molecule has 1 aromatic carbocycles. The lowest BCUT2D eigenvalue weighted by molar-refractivity contribution is 1.02. The summed E-state index contributed by atoms with van der Waals surface area (Å²) in [5.74, 6) is 0.976. The molecule has 0 radical (unpaired) electrons. The van der Waals surface area contributed by atoms with Crippen molar-refractivity contribution in [3.63, 3.8) is 0 Å². The standard InChI is InChI=1S/C13H16N2S/c1-4-9-15(3)12-7-6-8-13(16-5-2)11(12)10-14/h4,6-8H,1,5,9H2,2-3H3. The zero-order valence-electron chi connectivity index (χ0n) is 9.73. The monoisotopic (exact) mass is 232 g/mol.